The summed E-state index contributed by atoms with van der Waals surface area (Å²) in [7, 11) is 0. The molecule has 0 aliphatic carbocycles. The summed E-state index contributed by atoms with van der Waals surface area (Å²) in [6.45, 7) is -0.0297. The molecule has 0 unspecified atom stereocenters. The third-order valence-corrected chi connectivity index (χ3v) is 5.44. The van der Waals surface area contributed by atoms with Crippen molar-refractivity contribution in [2.24, 2.45) is 0 Å². The van der Waals surface area contributed by atoms with Crippen molar-refractivity contribution in [2.75, 3.05) is 0 Å². The van der Waals surface area contributed by atoms with Gasteiger partial charge in [-0.1, -0.05) is 72.8 Å². The maximum Gasteiger partial charge on any atom is 0.416 e. The van der Waals surface area contributed by atoms with E-state index >= 15 is 0 Å². The van der Waals surface area contributed by atoms with Crippen LogP contribution in [0.15, 0.2) is 84.9 Å². The summed E-state index contributed by atoms with van der Waals surface area (Å²) in [5.41, 5.74) is 0.869. The number of aliphatic carboxylic acids is 1. The van der Waals surface area contributed by atoms with Crippen molar-refractivity contribution < 1.29 is 37.4 Å². The minimum absolute atomic E-state index is 0.0297. The van der Waals surface area contributed by atoms with Gasteiger partial charge in [-0.25, -0.2) is 9.59 Å². The number of carboxylic acid groups (broad SMARTS) is 1. The number of halogens is 3. The summed E-state index contributed by atoms with van der Waals surface area (Å²) in [4.78, 5) is 37.3. The van der Waals surface area contributed by atoms with Gasteiger partial charge < -0.3 is 20.5 Å². The lowest BCUT2D eigenvalue weighted by molar-refractivity contribution is -0.142. The second-order valence-electron chi connectivity index (χ2n) is 8.25. The number of ether oxygens (including phenoxy) is 1. The molecule has 2 atom stereocenters. The Morgan fingerprint density at radius 2 is 1.24 bits per heavy atom. The van der Waals surface area contributed by atoms with Gasteiger partial charge in [-0.05, 0) is 28.8 Å². The fourth-order valence-electron chi connectivity index (χ4n) is 3.50. The predicted molar refractivity (Wildman–Crippen MR) is 128 cm³/mol. The standard InChI is InChI=1S/C27H25F3N2O5/c28-27(29,30)21-13-11-19(12-14-21)16-23(25(34)35)31-24(33)22(15-18-7-3-1-4-8-18)32-26(36)37-17-20-9-5-2-6-10-20/h1-14,22-23H,15-17H2,(H,31,33)(H,32,36)(H,34,35)/t22-,23+/m0/s1. The van der Waals surface area contributed by atoms with Crippen molar-refractivity contribution >= 4 is 18.0 Å². The number of alkyl carbamates (subject to hydrolysis) is 1. The lowest BCUT2D eigenvalue weighted by Gasteiger charge is -2.22. The molecule has 0 aliphatic heterocycles. The quantitative estimate of drug-likeness (QED) is 0.373. The van der Waals surface area contributed by atoms with Crippen LogP contribution in [0.5, 0.6) is 0 Å². The van der Waals surface area contributed by atoms with Crippen molar-refractivity contribution in [1.82, 2.24) is 10.6 Å². The van der Waals surface area contributed by atoms with Crippen molar-refractivity contribution in [1.29, 1.82) is 0 Å². The number of carboxylic acids is 1. The molecule has 2 amide bonds. The largest absolute Gasteiger partial charge is 0.480 e. The van der Waals surface area contributed by atoms with Crippen LogP contribution in [-0.4, -0.2) is 35.2 Å². The normalized spacial score (nSPS) is 12.7. The molecule has 0 spiro atoms. The molecule has 0 radical (unpaired) electrons. The fourth-order valence-corrected chi connectivity index (χ4v) is 3.50. The smallest absolute Gasteiger partial charge is 0.416 e. The molecule has 3 aromatic rings. The molecule has 0 fully saturated rings. The highest BCUT2D eigenvalue weighted by atomic mass is 19.4. The van der Waals surface area contributed by atoms with Crippen LogP contribution >= 0.6 is 0 Å². The zero-order valence-corrected chi connectivity index (χ0v) is 19.6. The summed E-state index contributed by atoms with van der Waals surface area (Å²) >= 11 is 0. The van der Waals surface area contributed by atoms with Crippen LogP contribution in [0.25, 0.3) is 0 Å². The molecule has 3 aromatic carbocycles. The summed E-state index contributed by atoms with van der Waals surface area (Å²) < 4.78 is 43.6. The van der Waals surface area contributed by atoms with Gasteiger partial charge in [0.25, 0.3) is 0 Å². The number of carbonyl (C=O) groups excluding carboxylic acids is 2. The van der Waals surface area contributed by atoms with Gasteiger partial charge in [0.05, 0.1) is 5.56 Å². The van der Waals surface area contributed by atoms with Gasteiger partial charge in [0.2, 0.25) is 5.91 Å². The third-order valence-electron chi connectivity index (χ3n) is 5.44. The average molecular weight is 515 g/mol. The van der Waals surface area contributed by atoms with Gasteiger partial charge in [0.1, 0.15) is 18.7 Å². The first-order valence-corrected chi connectivity index (χ1v) is 11.3. The molecule has 0 saturated carbocycles. The van der Waals surface area contributed by atoms with E-state index in [4.69, 9.17) is 4.74 Å². The van der Waals surface area contributed by atoms with E-state index in [1.165, 1.54) is 0 Å². The number of amides is 2. The van der Waals surface area contributed by atoms with E-state index in [0.29, 0.717) is 5.56 Å². The predicted octanol–water partition coefficient (Wildman–Crippen LogP) is 4.36. The molecule has 7 nitrogen and oxygen atoms in total. The first-order chi connectivity index (χ1) is 17.6. The Hall–Kier alpha value is -4.34. The van der Waals surface area contributed by atoms with Gasteiger partial charge in [-0.15, -0.1) is 0 Å². The van der Waals surface area contributed by atoms with Crippen molar-refractivity contribution in [3.05, 3.63) is 107 Å². The van der Waals surface area contributed by atoms with E-state index < -0.39 is 41.8 Å². The van der Waals surface area contributed by atoms with E-state index in [-0.39, 0.29) is 25.0 Å². The number of rotatable bonds is 10. The summed E-state index contributed by atoms with van der Waals surface area (Å²) in [6, 6.07) is 19.1. The highest BCUT2D eigenvalue weighted by Crippen LogP contribution is 2.29. The Balaban J connectivity index is 1.69. The lowest BCUT2D eigenvalue weighted by Crippen LogP contribution is -2.53. The maximum absolute atomic E-state index is 13.1. The first kappa shape index (κ1) is 27.3. The molecule has 0 heterocycles. The Bertz CT molecular complexity index is 1190. The van der Waals surface area contributed by atoms with Crippen LogP contribution < -0.4 is 10.6 Å². The van der Waals surface area contributed by atoms with Crippen LogP contribution in [0, 0.1) is 0 Å². The van der Waals surface area contributed by atoms with E-state index in [1.54, 1.807) is 54.6 Å². The molecule has 3 N–H and O–H groups in total. The zero-order chi connectivity index (χ0) is 26.8. The molecule has 3 rings (SSSR count). The molecule has 0 aromatic heterocycles. The monoisotopic (exact) mass is 514 g/mol. The summed E-state index contributed by atoms with van der Waals surface area (Å²) in [6.07, 6.45) is -5.59. The minimum atomic E-state index is -4.52. The van der Waals surface area contributed by atoms with Gasteiger partial charge in [-0.2, -0.15) is 13.2 Å². The number of alkyl halides is 3. The van der Waals surface area contributed by atoms with Crippen LogP contribution in [0.4, 0.5) is 18.0 Å². The Kier molecular flexibility index (Phi) is 9.26. The molecule has 0 saturated heterocycles. The Morgan fingerprint density at radius 1 is 0.730 bits per heavy atom. The van der Waals surface area contributed by atoms with Crippen LogP contribution in [0.2, 0.25) is 0 Å². The second kappa shape index (κ2) is 12.6. The van der Waals surface area contributed by atoms with E-state index in [1.807, 2.05) is 6.07 Å². The fraction of sp³-hybridized carbons (Fsp3) is 0.222. The number of benzene rings is 3. The van der Waals surface area contributed by atoms with Crippen molar-refractivity contribution in [3.8, 4) is 0 Å². The molecule has 194 valence electrons. The number of nitrogens with one attached hydrogen (secondary N) is 2. The molecule has 37 heavy (non-hydrogen) atoms. The first-order valence-electron chi connectivity index (χ1n) is 11.3. The van der Waals surface area contributed by atoms with Crippen molar-refractivity contribution in [3.63, 3.8) is 0 Å². The summed E-state index contributed by atoms with van der Waals surface area (Å²) in [5.74, 6) is -2.15. The van der Waals surface area contributed by atoms with Gasteiger partial charge in [-0.3, -0.25) is 4.79 Å². The topological polar surface area (TPSA) is 105 Å². The molecule has 0 aliphatic rings. The Labute approximate surface area is 211 Å². The minimum Gasteiger partial charge on any atom is -0.480 e. The molecule has 10 heteroatoms. The lowest BCUT2D eigenvalue weighted by atomic mass is 10.0. The maximum atomic E-state index is 13.1. The number of hydrogen-bond acceptors (Lipinski definition) is 4. The van der Waals surface area contributed by atoms with Crippen LogP contribution in [0.3, 0.4) is 0 Å². The molecular formula is C27H25F3N2O5. The zero-order valence-electron chi connectivity index (χ0n) is 19.6. The van der Waals surface area contributed by atoms with E-state index in [9.17, 15) is 32.7 Å². The second-order valence-corrected chi connectivity index (χ2v) is 8.25. The van der Waals surface area contributed by atoms with Gasteiger partial charge in [0, 0.05) is 12.8 Å². The van der Waals surface area contributed by atoms with E-state index in [0.717, 1.165) is 29.8 Å². The van der Waals surface area contributed by atoms with Crippen molar-refractivity contribution in [2.45, 2.75) is 37.7 Å². The van der Waals surface area contributed by atoms with Gasteiger partial charge >= 0.3 is 18.2 Å². The third kappa shape index (κ3) is 8.68. The highest BCUT2D eigenvalue weighted by Gasteiger charge is 2.31. The molecule has 0 bridgehead atoms. The highest BCUT2D eigenvalue weighted by molar-refractivity contribution is 5.89. The molecular weight excluding hydrogens is 489 g/mol. The number of carbonyl (C=O) groups is 3. The number of hydrogen-bond donors (Lipinski definition) is 3. The van der Waals surface area contributed by atoms with Gasteiger partial charge in [0.15, 0.2) is 0 Å². The van der Waals surface area contributed by atoms with Crippen LogP contribution in [0.1, 0.15) is 22.3 Å². The Morgan fingerprint density at radius 3 is 1.78 bits per heavy atom. The van der Waals surface area contributed by atoms with E-state index in [2.05, 4.69) is 10.6 Å². The SMILES string of the molecule is O=C(N[C@@H](Cc1ccccc1)C(=O)N[C@H](Cc1ccc(C(F)(F)F)cc1)C(=O)O)OCc1ccccc1. The van der Waals surface area contributed by atoms with Crippen LogP contribution in [-0.2, 0) is 40.0 Å². The summed E-state index contributed by atoms with van der Waals surface area (Å²) in [5, 5.41) is 14.5. The average Bonchev–Trinajstić information content (AvgIpc) is 2.87.